The molecule has 0 fully saturated rings. The van der Waals surface area contributed by atoms with Gasteiger partial charge in [0.1, 0.15) is 5.15 Å². The van der Waals surface area contributed by atoms with Crippen molar-refractivity contribution in [2.45, 2.75) is 6.92 Å². The van der Waals surface area contributed by atoms with E-state index in [2.05, 4.69) is 4.98 Å². The molecule has 0 bridgehead atoms. The maximum atomic E-state index is 11.9. The van der Waals surface area contributed by atoms with Crippen molar-refractivity contribution in [3.05, 3.63) is 35.5 Å². The lowest BCUT2D eigenvalue weighted by Crippen LogP contribution is -2.29. The zero-order chi connectivity index (χ0) is 13.3. The normalized spacial score (nSPS) is 11.7. The Bertz CT molecular complexity index is 686. The van der Waals surface area contributed by atoms with Gasteiger partial charge in [-0.1, -0.05) is 35.9 Å². The highest BCUT2D eigenvalue weighted by molar-refractivity contribution is 7.92. The summed E-state index contributed by atoms with van der Waals surface area (Å²) in [7, 11) is -1.86. The molecule has 0 saturated carbocycles. The summed E-state index contributed by atoms with van der Waals surface area (Å²) in [5.41, 5.74) is 0. The third-order valence-corrected chi connectivity index (χ3v) is 4.70. The van der Waals surface area contributed by atoms with Gasteiger partial charge in [-0.05, 0) is 18.4 Å². The summed E-state index contributed by atoms with van der Waals surface area (Å²) in [4.78, 5) is 4.13. The summed E-state index contributed by atoms with van der Waals surface area (Å²) in [6.07, 6.45) is 0. The second kappa shape index (κ2) is 4.74. The SMILES string of the molecule is CCS(=O)(=O)N(C)c1nc(Cl)cc2ccccc12. The molecular weight excluding hydrogens is 272 g/mol. The molecule has 96 valence electrons. The van der Waals surface area contributed by atoms with Crippen LogP contribution in [0.25, 0.3) is 10.8 Å². The number of halogens is 1. The molecule has 0 atom stereocenters. The Morgan fingerprint density at radius 3 is 2.67 bits per heavy atom. The summed E-state index contributed by atoms with van der Waals surface area (Å²) in [5, 5.41) is 1.91. The molecule has 0 unspecified atom stereocenters. The van der Waals surface area contributed by atoms with E-state index in [4.69, 9.17) is 11.6 Å². The van der Waals surface area contributed by atoms with Gasteiger partial charge < -0.3 is 0 Å². The van der Waals surface area contributed by atoms with Crippen molar-refractivity contribution < 1.29 is 8.42 Å². The molecule has 0 aliphatic heterocycles. The van der Waals surface area contributed by atoms with E-state index in [1.807, 2.05) is 24.3 Å². The summed E-state index contributed by atoms with van der Waals surface area (Å²) >= 11 is 5.93. The quantitative estimate of drug-likeness (QED) is 0.814. The van der Waals surface area contributed by atoms with Gasteiger partial charge >= 0.3 is 0 Å². The minimum absolute atomic E-state index is 0.0199. The number of pyridine rings is 1. The van der Waals surface area contributed by atoms with Crippen molar-refractivity contribution in [1.29, 1.82) is 0 Å². The van der Waals surface area contributed by atoms with Crippen LogP contribution in [0.5, 0.6) is 0 Å². The second-order valence-electron chi connectivity index (χ2n) is 3.86. The molecule has 0 N–H and O–H groups in total. The van der Waals surface area contributed by atoms with Crippen molar-refractivity contribution >= 4 is 38.2 Å². The molecular formula is C12H13ClN2O2S. The minimum Gasteiger partial charge on any atom is -0.256 e. The van der Waals surface area contributed by atoms with E-state index in [9.17, 15) is 8.42 Å². The number of hydrogen-bond acceptors (Lipinski definition) is 3. The summed E-state index contributed by atoms with van der Waals surface area (Å²) < 4.78 is 25.0. The van der Waals surface area contributed by atoms with Crippen molar-refractivity contribution in [2.24, 2.45) is 0 Å². The highest BCUT2D eigenvalue weighted by Gasteiger charge is 2.19. The second-order valence-corrected chi connectivity index (χ2v) is 6.53. The van der Waals surface area contributed by atoms with Gasteiger partial charge in [-0.2, -0.15) is 0 Å². The predicted octanol–water partition coefficient (Wildman–Crippen LogP) is 2.67. The third-order valence-electron chi connectivity index (χ3n) is 2.77. The Morgan fingerprint density at radius 1 is 1.33 bits per heavy atom. The molecule has 0 radical (unpaired) electrons. The van der Waals surface area contributed by atoms with Gasteiger partial charge in [0.15, 0.2) is 5.82 Å². The van der Waals surface area contributed by atoms with Gasteiger partial charge in [0.25, 0.3) is 0 Å². The number of fused-ring (bicyclic) bond motifs is 1. The molecule has 2 aromatic rings. The Hall–Kier alpha value is -1.33. The van der Waals surface area contributed by atoms with Gasteiger partial charge in [-0.15, -0.1) is 0 Å². The summed E-state index contributed by atoms with van der Waals surface area (Å²) in [6, 6.07) is 9.13. The van der Waals surface area contributed by atoms with Gasteiger partial charge in [0.2, 0.25) is 10.0 Å². The van der Waals surface area contributed by atoms with Crippen LogP contribution in [0.2, 0.25) is 5.15 Å². The molecule has 0 amide bonds. The van der Waals surface area contributed by atoms with Crippen LogP contribution >= 0.6 is 11.6 Å². The Balaban J connectivity index is 2.71. The molecule has 1 aromatic heterocycles. The number of nitrogens with zero attached hydrogens (tertiary/aromatic N) is 2. The third kappa shape index (κ3) is 2.28. The average molecular weight is 285 g/mol. The zero-order valence-electron chi connectivity index (χ0n) is 10.1. The molecule has 6 heteroatoms. The molecule has 4 nitrogen and oxygen atoms in total. The summed E-state index contributed by atoms with van der Waals surface area (Å²) in [5.74, 6) is 0.381. The van der Waals surface area contributed by atoms with Gasteiger partial charge in [-0.3, -0.25) is 4.31 Å². The molecule has 0 aliphatic carbocycles. The van der Waals surface area contributed by atoms with Crippen LogP contribution in [0, 0.1) is 0 Å². The Morgan fingerprint density at radius 2 is 2.00 bits per heavy atom. The Kier molecular flexibility index (Phi) is 3.45. The first-order valence-corrected chi connectivity index (χ1v) is 7.46. The number of sulfonamides is 1. The number of rotatable bonds is 3. The topological polar surface area (TPSA) is 50.3 Å². The standard InChI is InChI=1S/C12H13ClN2O2S/c1-3-18(16,17)15(2)12-10-7-5-4-6-9(10)8-11(13)14-12/h4-8H,3H2,1-2H3. The van der Waals surface area contributed by atoms with E-state index in [-0.39, 0.29) is 10.9 Å². The molecule has 1 aromatic carbocycles. The summed E-state index contributed by atoms with van der Waals surface area (Å²) in [6.45, 7) is 1.60. The number of anilines is 1. The van der Waals surface area contributed by atoms with Gasteiger partial charge in [0.05, 0.1) is 5.75 Å². The zero-order valence-corrected chi connectivity index (χ0v) is 11.7. The van der Waals surface area contributed by atoms with E-state index in [1.54, 1.807) is 13.0 Å². The fourth-order valence-electron chi connectivity index (χ4n) is 1.71. The smallest absolute Gasteiger partial charge is 0.235 e. The maximum absolute atomic E-state index is 11.9. The van der Waals surface area contributed by atoms with E-state index < -0.39 is 10.0 Å². The van der Waals surface area contributed by atoms with Crippen LogP contribution in [-0.2, 0) is 10.0 Å². The fraction of sp³-hybridized carbons (Fsp3) is 0.250. The maximum Gasteiger partial charge on any atom is 0.235 e. The number of hydrogen-bond donors (Lipinski definition) is 0. The van der Waals surface area contributed by atoms with Crippen LogP contribution in [0.4, 0.5) is 5.82 Å². The van der Waals surface area contributed by atoms with Crippen molar-refractivity contribution in [1.82, 2.24) is 4.98 Å². The van der Waals surface area contributed by atoms with Crippen LogP contribution in [0.3, 0.4) is 0 Å². The van der Waals surface area contributed by atoms with E-state index in [0.29, 0.717) is 5.82 Å². The highest BCUT2D eigenvalue weighted by atomic mass is 35.5. The first-order chi connectivity index (χ1) is 8.45. The fourth-order valence-corrected chi connectivity index (χ4v) is 2.70. The lowest BCUT2D eigenvalue weighted by atomic mass is 10.1. The lowest BCUT2D eigenvalue weighted by Gasteiger charge is -2.19. The van der Waals surface area contributed by atoms with Crippen LogP contribution < -0.4 is 4.31 Å². The monoisotopic (exact) mass is 284 g/mol. The predicted molar refractivity (Wildman–Crippen MR) is 74.6 cm³/mol. The molecule has 2 rings (SSSR count). The number of aromatic nitrogens is 1. The Labute approximate surface area is 111 Å². The van der Waals surface area contributed by atoms with Gasteiger partial charge in [-0.25, -0.2) is 13.4 Å². The first kappa shape index (κ1) is 13.1. The first-order valence-electron chi connectivity index (χ1n) is 5.47. The van der Waals surface area contributed by atoms with Crippen molar-refractivity contribution in [3.8, 4) is 0 Å². The van der Waals surface area contributed by atoms with Crippen LogP contribution in [0.15, 0.2) is 30.3 Å². The molecule has 0 aliphatic rings. The van der Waals surface area contributed by atoms with Gasteiger partial charge in [0, 0.05) is 12.4 Å². The molecule has 18 heavy (non-hydrogen) atoms. The van der Waals surface area contributed by atoms with Crippen LogP contribution in [-0.4, -0.2) is 26.2 Å². The van der Waals surface area contributed by atoms with E-state index in [1.165, 1.54) is 11.4 Å². The lowest BCUT2D eigenvalue weighted by molar-refractivity contribution is 0.595. The highest BCUT2D eigenvalue weighted by Crippen LogP contribution is 2.28. The van der Waals surface area contributed by atoms with Crippen molar-refractivity contribution in [3.63, 3.8) is 0 Å². The molecule has 1 heterocycles. The number of benzene rings is 1. The van der Waals surface area contributed by atoms with E-state index in [0.717, 1.165) is 10.8 Å². The van der Waals surface area contributed by atoms with Crippen LogP contribution in [0.1, 0.15) is 6.92 Å². The molecule has 0 saturated heterocycles. The van der Waals surface area contributed by atoms with Crippen molar-refractivity contribution in [2.75, 3.05) is 17.1 Å². The largest absolute Gasteiger partial charge is 0.256 e. The van der Waals surface area contributed by atoms with E-state index >= 15 is 0 Å². The minimum atomic E-state index is -3.35. The average Bonchev–Trinajstić information content (AvgIpc) is 2.36. The molecule has 0 spiro atoms.